The lowest BCUT2D eigenvalue weighted by Crippen LogP contribution is -2.41. The zero-order chi connectivity index (χ0) is 19.9. The first-order valence-corrected chi connectivity index (χ1v) is 10.4. The van der Waals surface area contributed by atoms with E-state index in [1.807, 2.05) is 0 Å². The number of anilines is 1. The number of nitrogens with one attached hydrogen (secondary N) is 2. The molecule has 0 radical (unpaired) electrons. The van der Waals surface area contributed by atoms with Crippen molar-refractivity contribution in [2.45, 2.75) is 19.4 Å². The van der Waals surface area contributed by atoms with Gasteiger partial charge in [0.05, 0.1) is 17.4 Å². The Kier molecular flexibility index (Phi) is 4.93. The second-order valence-corrected chi connectivity index (χ2v) is 9.42. The highest BCUT2D eigenvalue weighted by atomic mass is 32.2. The van der Waals surface area contributed by atoms with E-state index in [1.54, 1.807) is 4.72 Å². The summed E-state index contributed by atoms with van der Waals surface area (Å²) in [6, 6.07) is 2.13. The molecule has 142 valence electrons. The Labute approximate surface area is 150 Å². The molecule has 1 aromatic carbocycles. The lowest BCUT2D eigenvalue weighted by atomic mass is 10.1. The molecule has 9 nitrogen and oxygen atoms in total. The van der Waals surface area contributed by atoms with Crippen LogP contribution in [0.1, 0.15) is 19.4 Å². The molecular formula is C14H16FN3O6S2. The highest BCUT2D eigenvalue weighted by molar-refractivity contribution is 7.92. The number of sulfonamides is 1. The Bertz CT molecular complexity index is 1040. The smallest absolute Gasteiger partial charge is 0.326 e. The molecule has 1 aromatic rings. The van der Waals surface area contributed by atoms with Gasteiger partial charge in [0.15, 0.2) is 5.82 Å². The minimum absolute atomic E-state index is 0.282. The van der Waals surface area contributed by atoms with Gasteiger partial charge < -0.3 is 5.11 Å². The van der Waals surface area contributed by atoms with Crippen LogP contribution in [0.3, 0.4) is 0 Å². The normalized spacial score (nSPS) is 16.8. The first kappa shape index (κ1) is 20.0. The Morgan fingerprint density at radius 1 is 1.38 bits per heavy atom. The number of benzene rings is 1. The molecule has 2 rings (SSSR count). The molecule has 0 unspecified atom stereocenters. The number of nitrogens with zero attached hydrogens (tertiary/aromatic N) is 1. The molecule has 1 fully saturated rings. The van der Waals surface area contributed by atoms with Crippen LogP contribution in [0.5, 0.6) is 5.75 Å². The summed E-state index contributed by atoms with van der Waals surface area (Å²) in [5.41, 5.74) is -2.23. The number of halogens is 1. The van der Waals surface area contributed by atoms with Crippen LogP contribution in [-0.2, 0) is 25.0 Å². The largest absolute Gasteiger partial charge is 0.506 e. The number of carbonyl (C=O) groups is 1. The summed E-state index contributed by atoms with van der Waals surface area (Å²) in [7, 11) is -7.89. The second kappa shape index (κ2) is 6.42. The second-order valence-electron chi connectivity index (χ2n) is 6.08. The zero-order valence-electron chi connectivity index (χ0n) is 14.0. The number of aromatic hydroxyl groups is 1. The maximum absolute atomic E-state index is 14.7. The molecule has 0 aromatic heterocycles. The first-order valence-electron chi connectivity index (χ1n) is 7.09. The predicted molar refractivity (Wildman–Crippen MR) is 91.4 cm³/mol. The molecule has 26 heavy (non-hydrogen) atoms. The first-order chi connectivity index (χ1) is 11.7. The van der Waals surface area contributed by atoms with Crippen molar-refractivity contribution in [1.82, 2.24) is 9.44 Å². The average Bonchev–Trinajstić information content (AvgIpc) is 2.68. The van der Waals surface area contributed by atoms with Gasteiger partial charge in [0, 0.05) is 0 Å². The van der Waals surface area contributed by atoms with Crippen LogP contribution in [0.15, 0.2) is 12.1 Å². The number of carbonyl (C=O) groups excluding carboxylic acids is 1. The molecule has 1 heterocycles. The summed E-state index contributed by atoms with van der Waals surface area (Å²) in [4.78, 5) is 11.3. The fourth-order valence-electron chi connectivity index (χ4n) is 2.25. The summed E-state index contributed by atoms with van der Waals surface area (Å²) in [6.45, 7) is 2.21. The third kappa shape index (κ3) is 4.43. The van der Waals surface area contributed by atoms with Gasteiger partial charge in [-0.25, -0.2) is 21.8 Å². The van der Waals surface area contributed by atoms with Crippen molar-refractivity contribution >= 4 is 31.8 Å². The van der Waals surface area contributed by atoms with Crippen molar-refractivity contribution in [2.75, 3.05) is 17.1 Å². The number of amides is 1. The highest BCUT2D eigenvalue weighted by Gasteiger charge is 2.37. The van der Waals surface area contributed by atoms with Crippen LogP contribution in [0.25, 0.3) is 0 Å². The van der Waals surface area contributed by atoms with E-state index in [0.717, 1.165) is 18.4 Å². The van der Waals surface area contributed by atoms with Crippen molar-refractivity contribution in [3.63, 3.8) is 0 Å². The molecule has 1 aliphatic heterocycles. The van der Waals surface area contributed by atoms with E-state index >= 15 is 0 Å². The number of hydrogen-bond donors (Lipinski definition) is 3. The topological polar surface area (TPSA) is 133 Å². The average molecular weight is 405 g/mol. The molecule has 0 atom stereocenters. The number of rotatable bonds is 3. The molecule has 3 N–H and O–H groups in total. The molecule has 1 aliphatic rings. The number of hydrogen-bond acceptors (Lipinski definition) is 6. The van der Waals surface area contributed by atoms with Gasteiger partial charge in [-0.05, 0) is 26.0 Å². The molecule has 0 spiro atoms. The summed E-state index contributed by atoms with van der Waals surface area (Å²) in [6.07, 6.45) is 0.942. The van der Waals surface area contributed by atoms with Crippen LogP contribution >= 0.6 is 0 Å². The SMILES string of the molecule is CC(C)(C#Cc1ccc(O)c(N2CC(=O)NS2(=O)=O)c1F)NS(C)(=O)=O. The zero-order valence-corrected chi connectivity index (χ0v) is 15.6. The van der Waals surface area contributed by atoms with Crippen molar-refractivity contribution in [2.24, 2.45) is 0 Å². The van der Waals surface area contributed by atoms with Crippen molar-refractivity contribution in [3.8, 4) is 17.6 Å². The molecule has 0 saturated carbocycles. The van der Waals surface area contributed by atoms with Gasteiger partial charge >= 0.3 is 10.2 Å². The van der Waals surface area contributed by atoms with E-state index in [0.29, 0.717) is 4.31 Å². The Morgan fingerprint density at radius 2 is 2.00 bits per heavy atom. The van der Waals surface area contributed by atoms with Gasteiger partial charge in [-0.1, -0.05) is 11.8 Å². The predicted octanol–water partition coefficient (Wildman–Crippen LogP) is -0.608. The highest BCUT2D eigenvalue weighted by Crippen LogP contribution is 2.34. The summed E-state index contributed by atoms with van der Waals surface area (Å²) < 4.78 is 65.4. The van der Waals surface area contributed by atoms with Crippen molar-refractivity contribution < 1.29 is 31.1 Å². The van der Waals surface area contributed by atoms with Gasteiger partial charge in [-0.2, -0.15) is 13.1 Å². The molecule has 0 bridgehead atoms. The van der Waals surface area contributed by atoms with Gasteiger partial charge in [0.2, 0.25) is 10.0 Å². The van der Waals surface area contributed by atoms with E-state index < -0.39 is 55.5 Å². The fraction of sp³-hybridized carbons (Fsp3) is 0.357. The van der Waals surface area contributed by atoms with Crippen LogP contribution < -0.4 is 13.7 Å². The van der Waals surface area contributed by atoms with Gasteiger partial charge in [0.25, 0.3) is 5.91 Å². The fourth-order valence-corrected chi connectivity index (χ4v) is 4.39. The van der Waals surface area contributed by atoms with Gasteiger partial charge in [0.1, 0.15) is 18.0 Å². The minimum Gasteiger partial charge on any atom is -0.506 e. The lowest BCUT2D eigenvalue weighted by Gasteiger charge is -2.18. The van der Waals surface area contributed by atoms with Gasteiger partial charge in [-0.3, -0.25) is 4.79 Å². The Balaban J connectivity index is 2.50. The van der Waals surface area contributed by atoms with E-state index in [1.165, 1.54) is 13.8 Å². The van der Waals surface area contributed by atoms with Crippen LogP contribution in [0.4, 0.5) is 10.1 Å². The molecular weight excluding hydrogens is 389 g/mol. The van der Waals surface area contributed by atoms with Crippen LogP contribution in [-0.4, -0.2) is 46.2 Å². The summed E-state index contributed by atoms with van der Waals surface area (Å²) >= 11 is 0. The van der Waals surface area contributed by atoms with E-state index in [4.69, 9.17) is 0 Å². The molecule has 1 saturated heterocycles. The van der Waals surface area contributed by atoms with E-state index in [9.17, 15) is 31.1 Å². The standard InChI is InChI=1S/C14H16FN3O6S2/c1-14(2,17-25(3,21)22)7-6-9-4-5-10(19)13(12(9)15)18-8-11(20)16-26(18,23)24/h4-5,17,19H,8H2,1-3H3,(H,16,20). The van der Waals surface area contributed by atoms with Crippen molar-refractivity contribution in [1.29, 1.82) is 0 Å². The lowest BCUT2D eigenvalue weighted by molar-refractivity contribution is -0.117. The molecule has 0 aliphatic carbocycles. The van der Waals surface area contributed by atoms with Crippen molar-refractivity contribution in [3.05, 3.63) is 23.5 Å². The molecule has 12 heteroatoms. The maximum atomic E-state index is 14.7. The monoisotopic (exact) mass is 405 g/mol. The summed E-state index contributed by atoms with van der Waals surface area (Å²) in [5.74, 6) is 2.21. The Hall–Kier alpha value is -2.36. The van der Waals surface area contributed by atoms with Gasteiger partial charge in [-0.15, -0.1) is 0 Å². The number of phenolic OH excluding ortho intramolecular Hbond substituents is 1. The molecule has 1 amide bonds. The number of phenols is 1. The maximum Gasteiger partial charge on any atom is 0.326 e. The van der Waals surface area contributed by atoms with E-state index in [-0.39, 0.29) is 5.56 Å². The quantitative estimate of drug-likeness (QED) is 0.575. The third-order valence-corrected chi connectivity index (χ3v) is 5.37. The van der Waals surface area contributed by atoms with E-state index in [2.05, 4.69) is 16.6 Å². The third-order valence-electron chi connectivity index (χ3n) is 3.11. The van der Waals surface area contributed by atoms with Crippen LogP contribution in [0.2, 0.25) is 0 Å². The summed E-state index contributed by atoms with van der Waals surface area (Å²) in [5, 5.41) is 9.85. The minimum atomic E-state index is -4.32. The Morgan fingerprint density at radius 3 is 2.50 bits per heavy atom. The van der Waals surface area contributed by atoms with Crippen LogP contribution in [0, 0.1) is 17.7 Å².